The maximum absolute atomic E-state index is 13.4. The van der Waals surface area contributed by atoms with Gasteiger partial charge >= 0.3 is 0 Å². The Kier molecular flexibility index (Phi) is 10.3. The van der Waals surface area contributed by atoms with Crippen molar-refractivity contribution in [2.75, 3.05) is 39.3 Å². The van der Waals surface area contributed by atoms with E-state index in [2.05, 4.69) is 34.1 Å². The van der Waals surface area contributed by atoms with E-state index in [0.717, 1.165) is 56.2 Å². The van der Waals surface area contributed by atoms with Crippen molar-refractivity contribution in [2.24, 2.45) is 11.8 Å². The van der Waals surface area contributed by atoms with E-state index in [1.54, 1.807) is 4.90 Å². The minimum Gasteiger partial charge on any atom is -0.355 e. The largest absolute Gasteiger partial charge is 0.355 e. The molecule has 8 nitrogen and oxygen atoms in total. The van der Waals surface area contributed by atoms with Crippen LogP contribution in [0, 0.1) is 11.8 Å². The SMILES string of the molecule is C=CS(=O)(=O)NC[C@@H]1CCN(C(=O)c2ccc(C(CC3CCCNC3)C(=O)NCCc3ccccc3)cc2)C1. The summed E-state index contributed by atoms with van der Waals surface area (Å²) in [6, 6.07) is 17.6. The van der Waals surface area contributed by atoms with Gasteiger partial charge in [0.25, 0.3) is 5.91 Å². The van der Waals surface area contributed by atoms with Crippen LogP contribution in [0.4, 0.5) is 0 Å². The van der Waals surface area contributed by atoms with E-state index >= 15 is 0 Å². The monoisotopic (exact) mass is 552 g/mol. The Balaban J connectivity index is 1.38. The Labute approximate surface area is 232 Å². The number of hydrogen-bond donors (Lipinski definition) is 3. The molecule has 2 amide bonds. The molecular formula is C30H40N4O4S. The Morgan fingerprint density at radius 3 is 2.54 bits per heavy atom. The van der Waals surface area contributed by atoms with E-state index in [1.165, 1.54) is 5.56 Å². The zero-order valence-electron chi connectivity index (χ0n) is 22.5. The van der Waals surface area contributed by atoms with Crippen molar-refractivity contribution in [3.63, 3.8) is 0 Å². The van der Waals surface area contributed by atoms with Crippen molar-refractivity contribution in [1.29, 1.82) is 0 Å². The normalized spacial score (nSPS) is 20.4. The lowest BCUT2D eigenvalue weighted by Gasteiger charge is -2.27. The van der Waals surface area contributed by atoms with Crippen LogP contribution in [0.3, 0.4) is 0 Å². The summed E-state index contributed by atoms with van der Waals surface area (Å²) in [7, 11) is -3.47. The first kappa shape index (κ1) is 29.0. The lowest BCUT2D eigenvalue weighted by atomic mass is 9.84. The topological polar surface area (TPSA) is 108 Å². The second-order valence-corrected chi connectivity index (χ2v) is 12.3. The third kappa shape index (κ3) is 8.49. The highest BCUT2D eigenvalue weighted by atomic mass is 32.2. The third-order valence-electron chi connectivity index (χ3n) is 7.77. The van der Waals surface area contributed by atoms with E-state index in [-0.39, 0.29) is 30.2 Å². The van der Waals surface area contributed by atoms with Gasteiger partial charge in [0, 0.05) is 37.2 Å². The number of nitrogens with zero attached hydrogens (tertiary/aromatic N) is 1. The van der Waals surface area contributed by atoms with Gasteiger partial charge in [0.2, 0.25) is 15.9 Å². The van der Waals surface area contributed by atoms with Gasteiger partial charge in [-0.3, -0.25) is 9.59 Å². The number of likely N-dealkylation sites (tertiary alicyclic amines) is 1. The summed E-state index contributed by atoms with van der Waals surface area (Å²) in [5, 5.41) is 7.49. The molecule has 0 saturated carbocycles. The summed E-state index contributed by atoms with van der Waals surface area (Å²) in [6.07, 6.45) is 4.52. The second-order valence-electron chi connectivity index (χ2n) is 10.6. The Morgan fingerprint density at radius 2 is 1.85 bits per heavy atom. The fourth-order valence-corrected chi connectivity index (χ4v) is 6.05. The molecule has 4 rings (SSSR count). The average Bonchev–Trinajstić information content (AvgIpc) is 3.45. The molecule has 2 heterocycles. The minimum absolute atomic E-state index is 0.0277. The number of amides is 2. The average molecular weight is 553 g/mol. The number of benzene rings is 2. The van der Waals surface area contributed by atoms with Gasteiger partial charge in [-0.05, 0) is 80.3 Å². The first-order chi connectivity index (χ1) is 18.8. The quantitative estimate of drug-likeness (QED) is 0.375. The molecule has 2 saturated heterocycles. The smallest absolute Gasteiger partial charge is 0.253 e. The number of rotatable bonds is 12. The summed E-state index contributed by atoms with van der Waals surface area (Å²) in [5.74, 6) is 0.181. The molecule has 2 aliphatic rings. The highest BCUT2D eigenvalue weighted by molar-refractivity contribution is 7.92. The van der Waals surface area contributed by atoms with Crippen LogP contribution in [-0.4, -0.2) is 64.4 Å². The van der Waals surface area contributed by atoms with E-state index in [0.29, 0.717) is 31.1 Å². The summed E-state index contributed by atoms with van der Waals surface area (Å²) < 4.78 is 25.8. The van der Waals surface area contributed by atoms with Crippen molar-refractivity contribution < 1.29 is 18.0 Å². The maximum Gasteiger partial charge on any atom is 0.253 e. The molecule has 2 aromatic rings. The van der Waals surface area contributed by atoms with Crippen LogP contribution in [0.15, 0.2) is 66.6 Å². The molecule has 2 aromatic carbocycles. The zero-order valence-corrected chi connectivity index (χ0v) is 23.3. The molecule has 2 unspecified atom stereocenters. The fourth-order valence-electron chi connectivity index (χ4n) is 5.47. The summed E-state index contributed by atoms with van der Waals surface area (Å²) in [5.41, 5.74) is 2.69. The molecule has 0 spiro atoms. The molecule has 0 radical (unpaired) electrons. The molecule has 2 fully saturated rings. The Hall–Kier alpha value is -3.01. The summed E-state index contributed by atoms with van der Waals surface area (Å²) in [6.45, 7) is 7.21. The lowest BCUT2D eigenvalue weighted by Crippen LogP contribution is -2.36. The van der Waals surface area contributed by atoms with Crippen molar-refractivity contribution in [1.82, 2.24) is 20.3 Å². The number of carbonyl (C=O) groups is 2. The van der Waals surface area contributed by atoms with Crippen molar-refractivity contribution in [2.45, 2.75) is 38.0 Å². The summed E-state index contributed by atoms with van der Waals surface area (Å²) >= 11 is 0. The highest BCUT2D eigenvalue weighted by Crippen LogP contribution is 2.28. The zero-order chi connectivity index (χ0) is 27.7. The van der Waals surface area contributed by atoms with E-state index in [4.69, 9.17) is 0 Å². The minimum atomic E-state index is -3.47. The molecule has 0 aliphatic carbocycles. The molecular weight excluding hydrogens is 512 g/mol. The van der Waals surface area contributed by atoms with Crippen molar-refractivity contribution in [3.8, 4) is 0 Å². The standard InChI is InChI=1S/C30H40N4O4S/c1-2-39(37,38)33-21-25-15-18-34(22-25)30(36)27-12-10-26(11-13-27)28(19-24-9-6-16-31-20-24)29(35)32-17-14-23-7-4-3-5-8-23/h2-5,7-8,10-13,24-25,28,31,33H,1,6,9,14-22H2,(H,32,35)/t24?,25-,28?/m0/s1. The number of nitrogens with one attached hydrogen (secondary N) is 3. The van der Waals surface area contributed by atoms with E-state index in [9.17, 15) is 18.0 Å². The van der Waals surface area contributed by atoms with Crippen LogP contribution in [0.2, 0.25) is 0 Å². The van der Waals surface area contributed by atoms with E-state index < -0.39 is 10.0 Å². The number of hydrogen-bond acceptors (Lipinski definition) is 5. The van der Waals surface area contributed by atoms with Crippen LogP contribution < -0.4 is 15.4 Å². The van der Waals surface area contributed by atoms with Gasteiger partial charge in [0.1, 0.15) is 0 Å². The van der Waals surface area contributed by atoms with Gasteiger partial charge in [-0.25, -0.2) is 13.1 Å². The van der Waals surface area contributed by atoms with Crippen LogP contribution in [0.1, 0.15) is 53.1 Å². The molecule has 9 heteroatoms. The maximum atomic E-state index is 13.4. The van der Waals surface area contributed by atoms with Crippen LogP contribution in [0.25, 0.3) is 0 Å². The number of carbonyl (C=O) groups excluding carboxylic acids is 2. The molecule has 39 heavy (non-hydrogen) atoms. The van der Waals surface area contributed by atoms with E-state index in [1.807, 2.05) is 42.5 Å². The Bertz CT molecular complexity index is 1210. The van der Waals surface area contributed by atoms with Crippen LogP contribution in [0.5, 0.6) is 0 Å². The van der Waals surface area contributed by atoms with Crippen molar-refractivity contribution >= 4 is 21.8 Å². The third-order valence-corrected chi connectivity index (χ3v) is 8.77. The fraction of sp³-hybridized carbons (Fsp3) is 0.467. The molecule has 210 valence electrons. The molecule has 3 atom stereocenters. The van der Waals surface area contributed by atoms with Gasteiger partial charge in [-0.15, -0.1) is 0 Å². The van der Waals surface area contributed by atoms with Gasteiger partial charge in [-0.1, -0.05) is 49.0 Å². The molecule has 0 aromatic heterocycles. The first-order valence-corrected chi connectivity index (χ1v) is 15.4. The van der Waals surface area contributed by atoms with Gasteiger partial charge in [-0.2, -0.15) is 0 Å². The predicted octanol–water partition coefficient (Wildman–Crippen LogP) is 3.04. The van der Waals surface area contributed by atoms with Crippen LogP contribution >= 0.6 is 0 Å². The molecule has 3 N–H and O–H groups in total. The highest BCUT2D eigenvalue weighted by Gasteiger charge is 2.29. The van der Waals surface area contributed by atoms with Gasteiger partial charge in [0.15, 0.2) is 0 Å². The number of sulfonamides is 1. The van der Waals surface area contributed by atoms with Gasteiger partial charge in [0.05, 0.1) is 5.92 Å². The van der Waals surface area contributed by atoms with Gasteiger partial charge < -0.3 is 15.5 Å². The molecule has 2 aliphatic heterocycles. The number of piperidine rings is 1. The lowest BCUT2D eigenvalue weighted by molar-refractivity contribution is -0.123. The predicted molar refractivity (Wildman–Crippen MR) is 154 cm³/mol. The Morgan fingerprint density at radius 1 is 1.08 bits per heavy atom. The van der Waals surface area contributed by atoms with Crippen molar-refractivity contribution in [3.05, 3.63) is 83.3 Å². The second kappa shape index (κ2) is 13.9. The first-order valence-electron chi connectivity index (χ1n) is 13.9. The summed E-state index contributed by atoms with van der Waals surface area (Å²) in [4.78, 5) is 28.3. The van der Waals surface area contributed by atoms with Crippen LogP contribution in [-0.2, 0) is 21.2 Å². The molecule has 0 bridgehead atoms.